The number of benzene rings is 1. The number of fused-ring (bicyclic) bond motifs is 1. The standard InChI is InChI=1S/C15H18N6/c1-20(2)13-6-3-11(4-7-13)9-17-12-5-8-14-18-15(16)19-21(14)10-12/h3-8,10,17H,9H2,1-2H3,(H2,16,19). The normalized spacial score (nSPS) is 10.8. The van der Waals surface area contributed by atoms with E-state index in [1.165, 1.54) is 11.3 Å². The SMILES string of the molecule is CN(C)c1ccc(CNc2ccc3nc(N)nn3c2)cc1. The molecule has 0 atom stereocenters. The van der Waals surface area contributed by atoms with Crippen molar-refractivity contribution in [2.24, 2.45) is 0 Å². The Morgan fingerprint density at radius 2 is 1.90 bits per heavy atom. The molecule has 0 fully saturated rings. The summed E-state index contributed by atoms with van der Waals surface area (Å²) in [5.41, 5.74) is 9.71. The van der Waals surface area contributed by atoms with Crippen molar-refractivity contribution in [1.82, 2.24) is 14.6 Å². The van der Waals surface area contributed by atoms with E-state index in [0.29, 0.717) is 0 Å². The third kappa shape index (κ3) is 2.89. The van der Waals surface area contributed by atoms with Crippen LogP contribution in [0, 0.1) is 0 Å². The zero-order valence-corrected chi connectivity index (χ0v) is 12.1. The summed E-state index contributed by atoms with van der Waals surface area (Å²) in [5.74, 6) is 0.284. The van der Waals surface area contributed by atoms with Crippen LogP contribution in [0.25, 0.3) is 5.65 Å². The molecule has 3 aromatic rings. The first-order valence-corrected chi connectivity index (χ1v) is 6.74. The molecule has 6 heteroatoms. The molecular formula is C15H18N6. The van der Waals surface area contributed by atoms with Gasteiger partial charge in [0.25, 0.3) is 0 Å². The van der Waals surface area contributed by atoms with Crippen LogP contribution in [0.3, 0.4) is 0 Å². The van der Waals surface area contributed by atoms with Gasteiger partial charge >= 0.3 is 0 Å². The Labute approximate surface area is 123 Å². The van der Waals surface area contributed by atoms with E-state index in [9.17, 15) is 0 Å². The zero-order chi connectivity index (χ0) is 14.8. The van der Waals surface area contributed by atoms with Crippen LogP contribution >= 0.6 is 0 Å². The van der Waals surface area contributed by atoms with Crippen LogP contribution in [0.1, 0.15) is 5.56 Å². The van der Waals surface area contributed by atoms with Gasteiger partial charge in [0.05, 0.1) is 11.9 Å². The molecule has 3 rings (SSSR count). The minimum atomic E-state index is 0.284. The van der Waals surface area contributed by atoms with Gasteiger partial charge < -0.3 is 16.0 Å². The van der Waals surface area contributed by atoms with Gasteiger partial charge in [-0.15, -0.1) is 5.10 Å². The number of hydrogen-bond acceptors (Lipinski definition) is 5. The van der Waals surface area contributed by atoms with E-state index in [-0.39, 0.29) is 5.95 Å². The minimum absolute atomic E-state index is 0.284. The summed E-state index contributed by atoms with van der Waals surface area (Å²) in [7, 11) is 4.07. The molecule has 6 nitrogen and oxygen atoms in total. The number of nitrogens with zero attached hydrogens (tertiary/aromatic N) is 4. The van der Waals surface area contributed by atoms with E-state index in [2.05, 4.69) is 44.6 Å². The van der Waals surface area contributed by atoms with Gasteiger partial charge in [-0.1, -0.05) is 12.1 Å². The van der Waals surface area contributed by atoms with E-state index in [4.69, 9.17) is 5.73 Å². The third-order valence-electron chi connectivity index (χ3n) is 3.30. The van der Waals surface area contributed by atoms with Crippen LogP contribution < -0.4 is 16.0 Å². The number of anilines is 3. The number of hydrogen-bond donors (Lipinski definition) is 2. The van der Waals surface area contributed by atoms with Gasteiger partial charge in [0.15, 0.2) is 5.65 Å². The lowest BCUT2D eigenvalue weighted by molar-refractivity contribution is 0.964. The Morgan fingerprint density at radius 1 is 1.14 bits per heavy atom. The topological polar surface area (TPSA) is 71.5 Å². The number of nitrogens with two attached hydrogens (primary N) is 1. The van der Waals surface area contributed by atoms with Gasteiger partial charge in [-0.05, 0) is 29.8 Å². The largest absolute Gasteiger partial charge is 0.380 e. The molecule has 0 aliphatic carbocycles. The van der Waals surface area contributed by atoms with Crippen molar-refractivity contribution in [2.75, 3.05) is 30.0 Å². The lowest BCUT2D eigenvalue weighted by Crippen LogP contribution is -2.08. The van der Waals surface area contributed by atoms with Gasteiger partial charge in [0.2, 0.25) is 5.95 Å². The highest BCUT2D eigenvalue weighted by Crippen LogP contribution is 2.15. The van der Waals surface area contributed by atoms with Crippen LogP contribution in [-0.4, -0.2) is 28.7 Å². The molecule has 0 bridgehead atoms. The Kier molecular flexibility index (Phi) is 3.35. The minimum Gasteiger partial charge on any atom is -0.380 e. The van der Waals surface area contributed by atoms with Crippen LogP contribution in [0.2, 0.25) is 0 Å². The van der Waals surface area contributed by atoms with Crippen LogP contribution in [0.4, 0.5) is 17.3 Å². The average Bonchev–Trinajstić information content (AvgIpc) is 2.84. The Hall–Kier alpha value is -2.76. The van der Waals surface area contributed by atoms with Gasteiger partial charge in [-0.25, -0.2) is 4.52 Å². The molecule has 0 aliphatic heterocycles. The van der Waals surface area contributed by atoms with Gasteiger partial charge in [-0.2, -0.15) is 4.98 Å². The quantitative estimate of drug-likeness (QED) is 0.765. The van der Waals surface area contributed by atoms with Gasteiger partial charge in [0.1, 0.15) is 0 Å². The third-order valence-corrected chi connectivity index (χ3v) is 3.30. The van der Waals surface area contributed by atoms with E-state index < -0.39 is 0 Å². The molecule has 3 N–H and O–H groups in total. The second kappa shape index (κ2) is 5.32. The highest BCUT2D eigenvalue weighted by molar-refractivity contribution is 5.52. The van der Waals surface area contributed by atoms with Crippen LogP contribution in [0.5, 0.6) is 0 Å². The molecule has 108 valence electrons. The molecule has 0 spiro atoms. The molecule has 2 heterocycles. The molecule has 0 saturated carbocycles. The highest BCUT2D eigenvalue weighted by Gasteiger charge is 2.01. The Bertz CT molecular complexity index is 744. The molecule has 21 heavy (non-hydrogen) atoms. The number of nitrogen functional groups attached to an aromatic ring is 1. The predicted molar refractivity (Wildman–Crippen MR) is 85.5 cm³/mol. The summed E-state index contributed by atoms with van der Waals surface area (Å²) in [5, 5.41) is 7.47. The molecule has 0 amide bonds. The Morgan fingerprint density at radius 3 is 2.62 bits per heavy atom. The second-order valence-electron chi connectivity index (χ2n) is 5.10. The number of aromatic nitrogens is 3. The summed E-state index contributed by atoms with van der Waals surface area (Å²) in [6.07, 6.45) is 1.88. The predicted octanol–water partition coefficient (Wildman–Crippen LogP) is 1.99. The maximum Gasteiger partial charge on any atom is 0.240 e. The number of nitrogens with one attached hydrogen (secondary N) is 1. The second-order valence-corrected chi connectivity index (χ2v) is 5.10. The van der Waals surface area contributed by atoms with Gasteiger partial charge in [0, 0.05) is 26.3 Å². The van der Waals surface area contributed by atoms with E-state index in [0.717, 1.165) is 17.9 Å². The van der Waals surface area contributed by atoms with Crippen molar-refractivity contribution in [3.8, 4) is 0 Å². The molecule has 2 aromatic heterocycles. The fourth-order valence-electron chi connectivity index (χ4n) is 2.12. The van der Waals surface area contributed by atoms with Crippen LogP contribution in [0.15, 0.2) is 42.6 Å². The maximum atomic E-state index is 5.58. The molecule has 0 unspecified atom stereocenters. The molecular weight excluding hydrogens is 264 g/mol. The van der Waals surface area contributed by atoms with Crippen molar-refractivity contribution >= 4 is 23.0 Å². The maximum absolute atomic E-state index is 5.58. The summed E-state index contributed by atoms with van der Waals surface area (Å²) in [4.78, 5) is 6.18. The molecule has 1 aromatic carbocycles. The van der Waals surface area contributed by atoms with E-state index in [1.807, 2.05) is 32.4 Å². The smallest absolute Gasteiger partial charge is 0.240 e. The van der Waals surface area contributed by atoms with Crippen molar-refractivity contribution in [1.29, 1.82) is 0 Å². The first-order chi connectivity index (χ1) is 10.1. The van der Waals surface area contributed by atoms with Crippen molar-refractivity contribution in [3.63, 3.8) is 0 Å². The van der Waals surface area contributed by atoms with Crippen molar-refractivity contribution in [2.45, 2.75) is 6.54 Å². The summed E-state index contributed by atoms with van der Waals surface area (Å²) in [6.45, 7) is 0.753. The fraction of sp³-hybridized carbons (Fsp3) is 0.200. The zero-order valence-electron chi connectivity index (χ0n) is 12.1. The number of rotatable bonds is 4. The summed E-state index contributed by atoms with van der Waals surface area (Å²) in [6, 6.07) is 12.3. The van der Waals surface area contributed by atoms with E-state index >= 15 is 0 Å². The lowest BCUT2D eigenvalue weighted by Gasteiger charge is -2.13. The fourth-order valence-corrected chi connectivity index (χ4v) is 2.12. The van der Waals surface area contributed by atoms with Gasteiger partial charge in [-0.3, -0.25) is 0 Å². The lowest BCUT2D eigenvalue weighted by atomic mass is 10.2. The first kappa shape index (κ1) is 13.2. The van der Waals surface area contributed by atoms with Crippen molar-refractivity contribution in [3.05, 3.63) is 48.2 Å². The van der Waals surface area contributed by atoms with E-state index in [1.54, 1.807) is 4.52 Å². The number of pyridine rings is 1. The molecule has 0 saturated heterocycles. The summed E-state index contributed by atoms with van der Waals surface area (Å²) >= 11 is 0. The van der Waals surface area contributed by atoms with Crippen LogP contribution in [-0.2, 0) is 6.54 Å². The molecule has 0 radical (unpaired) electrons. The first-order valence-electron chi connectivity index (χ1n) is 6.74. The van der Waals surface area contributed by atoms with Crippen molar-refractivity contribution < 1.29 is 0 Å². The molecule has 0 aliphatic rings. The Balaban J connectivity index is 1.70. The average molecular weight is 282 g/mol. The highest BCUT2D eigenvalue weighted by atomic mass is 15.3. The summed E-state index contributed by atoms with van der Waals surface area (Å²) < 4.78 is 1.67. The monoisotopic (exact) mass is 282 g/mol.